The molecule has 1 heterocycles. The number of ether oxygens (including phenoxy) is 2. The topological polar surface area (TPSA) is 35.5 Å². The molecule has 13 heavy (non-hydrogen) atoms. The van der Waals surface area contributed by atoms with Gasteiger partial charge in [0.25, 0.3) is 0 Å². The van der Waals surface area contributed by atoms with Crippen LogP contribution in [0.2, 0.25) is 0 Å². The van der Waals surface area contributed by atoms with Crippen LogP contribution in [0.15, 0.2) is 0 Å². The molecule has 0 spiro atoms. The molecular formula is C8H12F2O3. The van der Waals surface area contributed by atoms with Gasteiger partial charge < -0.3 is 9.47 Å². The molecule has 0 aliphatic carbocycles. The number of carbonyl (C=O) groups is 1. The third kappa shape index (κ3) is 2.62. The molecule has 1 fully saturated rings. The number of halogens is 2. The largest absolute Gasteiger partial charge is 0.461 e. The van der Waals surface area contributed by atoms with E-state index in [9.17, 15) is 13.6 Å². The van der Waals surface area contributed by atoms with Crippen molar-refractivity contribution in [2.75, 3.05) is 19.8 Å². The summed E-state index contributed by atoms with van der Waals surface area (Å²) in [4.78, 5) is 10.6. The molecule has 76 valence electrons. The first-order valence-electron chi connectivity index (χ1n) is 3.96. The number of hydrogen-bond acceptors (Lipinski definition) is 3. The first kappa shape index (κ1) is 10.4. The van der Waals surface area contributed by atoms with Gasteiger partial charge >= 0.3 is 11.9 Å². The molecule has 0 radical (unpaired) electrons. The summed E-state index contributed by atoms with van der Waals surface area (Å²) < 4.78 is 33.9. The summed E-state index contributed by atoms with van der Waals surface area (Å²) in [6.07, 6.45) is 0. The molecule has 0 saturated carbocycles. The lowest BCUT2D eigenvalue weighted by molar-refractivity contribution is -0.185. The molecule has 1 rings (SSSR count). The van der Waals surface area contributed by atoms with E-state index < -0.39 is 11.9 Å². The van der Waals surface area contributed by atoms with Gasteiger partial charge in [0.2, 0.25) is 0 Å². The van der Waals surface area contributed by atoms with Crippen LogP contribution in [0.5, 0.6) is 0 Å². The van der Waals surface area contributed by atoms with E-state index in [0.717, 1.165) is 0 Å². The van der Waals surface area contributed by atoms with Gasteiger partial charge in [-0.1, -0.05) is 6.92 Å². The predicted octanol–water partition coefficient (Wildman–Crippen LogP) is 1.22. The quantitative estimate of drug-likeness (QED) is 0.634. The average molecular weight is 194 g/mol. The van der Waals surface area contributed by atoms with Crippen LogP contribution in [-0.2, 0) is 14.3 Å². The van der Waals surface area contributed by atoms with Crippen molar-refractivity contribution in [3.8, 4) is 0 Å². The molecule has 0 bridgehead atoms. The number of hydrogen-bond donors (Lipinski definition) is 0. The number of rotatable bonds is 3. The molecule has 1 aliphatic heterocycles. The Morgan fingerprint density at radius 3 is 2.46 bits per heavy atom. The zero-order chi connectivity index (χ0) is 10.1. The van der Waals surface area contributed by atoms with Crippen molar-refractivity contribution >= 4 is 5.97 Å². The summed E-state index contributed by atoms with van der Waals surface area (Å²) in [5, 5.41) is 0. The molecule has 0 aromatic rings. The summed E-state index contributed by atoms with van der Waals surface area (Å²) in [5.74, 6) is -4.87. The standard InChI is InChI=1S/C8H12F2O3/c1-7(3-12-4-7)5-13-6(11)8(2,9)10/h3-5H2,1-2H3. The third-order valence-corrected chi connectivity index (χ3v) is 1.81. The minimum absolute atomic E-state index is 0.00470. The molecule has 0 N–H and O–H groups in total. The molecule has 1 saturated heterocycles. The lowest BCUT2D eigenvalue weighted by Gasteiger charge is -2.37. The first-order valence-corrected chi connectivity index (χ1v) is 3.96. The Morgan fingerprint density at radius 1 is 1.62 bits per heavy atom. The molecule has 0 amide bonds. The van der Waals surface area contributed by atoms with Crippen molar-refractivity contribution in [3.05, 3.63) is 0 Å². The van der Waals surface area contributed by atoms with E-state index in [0.29, 0.717) is 20.1 Å². The lowest BCUT2D eigenvalue weighted by atomic mass is 9.90. The lowest BCUT2D eigenvalue weighted by Crippen LogP contribution is -2.45. The van der Waals surface area contributed by atoms with Gasteiger partial charge in [-0.25, -0.2) is 4.79 Å². The zero-order valence-corrected chi connectivity index (χ0v) is 7.60. The van der Waals surface area contributed by atoms with Gasteiger partial charge in [0.15, 0.2) is 0 Å². The SMILES string of the molecule is CC1(COC(=O)C(C)(F)F)COC1. The predicted molar refractivity (Wildman–Crippen MR) is 40.5 cm³/mol. The van der Waals surface area contributed by atoms with Crippen molar-refractivity contribution in [2.24, 2.45) is 5.41 Å². The van der Waals surface area contributed by atoms with E-state index >= 15 is 0 Å². The fourth-order valence-electron chi connectivity index (χ4n) is 0.900. The summed E-state index contributed by atoms with van der Waals surface area (Å²) >= 11 is 0. The van der Waals surface area contributed by atoms with Gasteiger partial charge in [0.05, 0.1) is 13.2 Å². The molecular weight excluding hydrogens is 182 g/mol. The van der Waals surface area contributed by atoms with Crippen LogP contribution < -0.4 is 0 Å². The van der Waals surface area contributed by atoms with E-state index in [1.54, 1.807) is 0 Å². The molecule has 0 atom stereocenters. The van der Waals surface area contributed by atoms with E-state index in [4.69, 9.17) is 4.74 Å². The minimum Gasteiger partial charge on any atom is -0.461 e. The summed E-state index contributed by atoms with van der Waals surface area (Å²) in [5.41, 5.74) is -0.277. The van der Waals surface area contributed by atoms with Crippen molar-refractivity contribution in [3.63, 3.8) is 0 Å². The number of carbonyl (C=O) groups excluding carboxylic acids is 1. The van der Waals surface area contributed by atoms with E-state index in [1.807, 2.05) is 6.92 Å². The smallest absolute Gasteiger partial charge is 0.376 e. The second kappa shape index (κ2) is 3.21. The van der Waals surface area contributed by atoms with Gasteiger partial charge in [-0.15, -0.1) is 0 Å². The third-order valence-electron chi connectivity index (χ3n) is 1.81. The second-order valence-electron chi connectivity index (χ2n) is 3.77. The highest BCUT2D eigenvalue weighted by atomic mass is 19.3. The average Bonchev–Trinajstić information content (AvgIpc) is 1.94. The fourth-order valence-corrected chi connectivity index (χ4v) is 0.900. The van der Waals surface area contributed by atoms with Gasteiger partial charge in [-0.2, -0.15) is 8.78 Å². The Hall–Kier alpha value is -0.710. The first-order chi connectivity index (χ1) is 5.83. The highest BCUT2D eigenvalue weighted by Gasteiger charge is 2.39. The highest BCUT2D eigenvalue weighted by molar-refractivity contribution is 5.76. The monoisotopic (exact) mass is 194 g/mol. The Morgan fingerprint density at radius 2 is 2.15 bits per heavy atom. The normalized spacial score (nSPS) is 20.6. The molecule has 5 heteroatoms. The highest BCUT2D eigenvalue weighted by Crippen LogP contribution is 2.27. The second-order valence-corrected chi connectivity index (χ2v) is 3.77. The Bertz CT molecular complexity index is 206. The maximum absolute atomic E-state index is 12.3. The van der Waals surface area contributed by atoms with Crippen LogP contribution in [0.1, 0.15) is 13.8 Å². The maximum atomic E-state index is 12.3. The van der Waals surface area contributed by atoms with Crippen molar-refractivity contribution < 1.29 is 23.0 Å². The number of alkyl halides is 2. The van der Waals surface area contributed by atoms with Crippen LogP contribution in [0.25, 0.3) is 0 Å². The van der Waals surface area contributed by atoms with Crippen LogP contribution in [-0.4, -0.2) is 31.7 Å². The summed E-state index contributed by atoms with van der Waals surface area (Å²) in [6, 6.07) is 0. The fraction of sp³-hybridized carbons (Fsp3) is 0.875. The molecule has 3 nitrogen and oxygen atoms in total. The Labute approximate surface area is 75.0 Å². The van der Waals surface area contributed by atoms with Crippen LogP contribution >= 0.6 is 0 Å². The number of esters is 1. The molecule has 1 aliphatic rings. The summed E-state index contributed by atoms with van der Waals surface area (Å²) in [6.45, 7) is 3.24. The van der Waals surface area contributed by atoms with Gasteiger partial charge in [-0.3, -0.25) is 0 Å². The maximum Gasteiger partial charge on any atom is 0.376 e. The Balaban J connectivity index is 2.30. The summed E-state index contributed by atoms with van der Waals surface area (Å²) in [7, 11) is 0. The van der Waals surface area contributed by atoms with E-state index in [1.165, 1.54) is 0 Å². The molecule has 0 unspecified atom stereocenters. The van der Waals surface area contributed by atoms with Crippen LogP contribution in [0, 0.1) is 5.41 Å². The van der Waals surface area contributed by atoms with Gasteiger partial charge in [-0.05, 0) is 0 Å². The Kier molecular flexibility index (Phi) is 2.56. The van der Waals surface area contributed by atoms with Crippen LogP contribution in [0.3, 0.4) is 0 Å². The van der Waals surface area contributed by atoms with E-state index in [2.05, 4.69) is 4.74 Å². The van der Waals surface area contributed by atoms with E-state index in [-0.39, 0.29) is 12.0 Å². The van der Waals surface area contributed by atoms with Crippen molar-refractivity contribution in [1.82, 2.24) is 0 Å². The minimum atomic E-state index is -3.40. The van der Waals surface area contributed by atoms with Crippen LogP contribution in [0.4, 0.5) is 8.78 Å². The zero-order valence-electron chi connectivity index (χ0n) is 7.60. The molecule has 0 aromatic heterocycles. The van der Waals surface area contributed by atoms with Crippen molar-refractivity contribution in [1.29, 1.82) is 0 Å². The van der Waals surface area contributed by atoms with Crippen molar-refractivity contribution in [2.45, 2.75) is 19.8 Å². The molecule has 0 aromatic carbocycles. The van der Waals surface area contributed by atoms with Gasteiger partial charge in [0.1, 0.15) is 6.61 Å². The van der Waals surface area contributed by atoms with Gasteiger partial charge in [0, 0.05) is 12.3 Å².